The van der Waals surface area contributed by atoms with Crippen LogP contribution in [-0.4, -0.2) is 38.1 Å². The molecule has 0 amide bonds. The molecular weight excluding hydrogens is 288 g/mol. The molecule has 1 rings (SSSR count). The highest BCUT2D eigenvalue weighted by Gasteiger charge is 2.02. The van der Waals surface area contributed by atoms with Gasteiger partial charge in [-0.2, -0.15) is 0 Å². The van der Waals surface area contributed by atoms with Crippen LogP contribution >= 0.6 is 15.9 Å². The Balaban J connectivity index is 2.13. The summed E-state index contributed by atoms with van der Waals surface area (Å²) in [5, 5.41) is 3.59. The standard InChI is InChI=1S/C15H25BrN2/c1-13(17-10-4-5-11-18(2)3)12-14-6-8-15(16)9-7-14/h6-9,13,17H,4-5,10-12H2,1-3H3. The van der Waals surface area contributed by atoms with Gasteiger partial charge in [-0.1, -0.05) is 28.1 Å². The monoisotopic (exact) mass is 312 g/mol. The molecular formula is C15H25BrN2. The van der Waals surface area contributed by atoms with E-state index in [-0.39, 0.29) is 0 Å². The maximum absolute atomic E-state index is 3.59. The number of nitrogens with one attached hydrogen (secondary N) is 1. The molecule has 0 spiro atoms. The molecule has 18 heavy (non-hydrogen) atoms. The van der Waals surface area contributed by atoms with E-state index >= 15 is 0 Å². The third-order valence-corrected chi connectivity index (χ3v) is 3.51. The SMILES string of the molecule is CC(Cc1ccc(Br)cc1)NCCCCN(C)C. The van der Waals surface area contributed by atoms with Gasteiger partial charge in [-0.05, 0) is 71.1 Å². The minimum atomic E-state index is 0.547. The van der Waals surface area contributed by atoms with E-state index in [0.29, 0.717) is 6.04 Å². The molecule has 1 unspecified atom stereocenters. The van der Waals surface area contributed by atoms with Gasteiger partial charge in [0.05, 0.1) is 0 Å². The third-order valence-electron chi connectivity index (χ3n) is 2.98. The van der Waals surface area contributed by atoms with Crippen LogP contribution in [0.3, 0.4) is 0 Å². The predicted octanol–water partition coefficient (Wildman–Crippen LogP) is 3.31. The predicted molar refractivity (Wildman–Crippen MR) is 83.1 cm³/mol. The number of rotatable bonds is 8. The Morgan fingerprint density at radius 1 is 1.17 bits per heavy atom. The second-order valence-corrected chi connectivity index (χ2v) is 6.11. The molecule has 0 aliphatic heterocycles. The Bertz CT molecular complexity index is 322. The summed E-state index contributed by atoms with van der Waals surface area (Å²) < 4.78 is 1.15. The van der Waals surface area contributed by atoms with Crippen LogP contribution < -0.4 is 5.32 Å². The minimum Gasteiger partial charge on any atom is -0.314 e. The van der Waals surface area contributed by atoms with Crippen molar-refractivity contribution in [3.63, 3.8) is 0 Å². The lowest BCUT2D eigenvalue weighted by Gasteiger charge is -2.14. The molecule has 0 heterocycles. The first-order chi connectivity index (χ1) is 8.58. The van der Waals surface area contributed by atoms with Crippen LogP contribution in [-0.2, 0) is 6.42 Å². The molecule has 0 saturated carbocycles. The van der Waals surface area contributed by atoms with E-state index in [1.807, 2.05) is 0 Å². The first-order valence-electron chi connectivity index (χ1n) is 6.70. The normalized spacial score (nSPS) is 12.9. The first kappa shape index (κ1) is 15.7. The van der Waals surface area contributed by atoms with E-state index in [2.05, 4.69) is 71.4 Å². The third kappa shape index (κ3) is 7.14. The Morgan fingerprint density at radius 3 is 2.44 bits per heavy atom. The van der Waals surface area contributed by atoms with Crippen molar-refractivity contribution < 1.29 is 0 Å². The molecule has 0 radical (unpaired) electrons. The number of hydrogen-bond donors (Lipinski definition) is 1. The topological polar surface area (TPSA) is 15.3 Å². The fourth-order valence-corrected chi connectivity index (χ4v) is 2.21. The van der Waals surface area contributed by atoms with Gasteiger partial charge >= 0.3 is 0 Å². The highest BCUT2D eigenvalue weighted by atomic mass is 79.9. The molecule has 0 aliphatic carbocycles. The number of hydrogen-bond acceptors (Lipinski definition) is 2. The molecule has 102 valence electrons. The van der Waals surface area contributed by atoms with Gasteiger partial charge in [0.2, 0.25) is 0 Å². The Hall–Kier alpha value is -0.380. The summed E-state index contributed by atoms with van der Waals surface area (Å²) >= 11 is 3.46. The summed E-state index contributed by atoms with van der Waals surface area (Å²) in [4.78, 5) is 2.24. The van der Waals surface area contributed by atoms with Crippen LogP contribution in [0.25, 0.3) is 0 Å². The number of nitrogens with zero attached hydrogens (tertiary/aromatic N) is 1. The Labute approximate surface area is 120 Å². The van der Waals surface area contributed by atoms with E-state index in [0.717, 1.165) is 17.4 Å². The van der Waals surface area contributed by atoms with E-state index in [1.165, 1.54) is 24.9 Å². The van der Waals surface area contributed by atoms with E-state index in [9.17, 15) is 0 Å². The maximum atomic E-state index is 3.59. The van der Waals surface area contributed by atoms with Gasteiger partial charge < -0.3 is 10.2 Å². The van der Waals surface area contributed by atoms with E-state index in [4.69, 9.17) is 0 Å². The van der Waals surface area contributed by atoms with Crippen molar-refractivity contribution >= 4 is 15.9 Å². The van der Waals surface area contributed by atoms with Crippen LogP contribution in [0.15, 0.2) is 28.7 Å². The van der Waals surface area contributed by atoms with Crippen molar-refractivity contribution in [1.82, 2.24) is 10.2 Å². The fourth-order valence-electron chi connectivity index (χ4n) is 1.95. The quantitative estimate of drug-likeness (QED) is 0.741. The minimum absolute atomic E-state index is 0.547. The molecule has 2 nitrogen and oxygen atoms in total. The highest BCUT2D eigenvalue weighted by Crippen LogP contribution is 2.11. The van der Waals surface area contributed by atoms with Crippen LogP contribution in [0.5, 0.6) is 0 Å². The fraction of sp³-hybridized carbons (Fsp3) is 0.600. The smallest absolute Gasteiger partial charge is 0.0175 e. The van der Waals surface area contributed by atoms with Gasteiger partial charge in [-0.15, -0.1) is 0 Å². The number of unbranched alkanes of at least 4 members (excludes halogenated alkanes) is 1. The summed E-state index contributed by atoms with van der Waals surface area (Å²) in [5.41, 5.74) is 1.39. The summed E-state index contributed by atoms with van der Waals surface area (Å²) in [6.45, 7) is 4.56. The molecule has 3 heteroatoms. The average Bonchev–Trinajstić information content (AvgIpc) is 2.31. The maximum Gasteiger partial charge on any atom is 0.0175 e. The molecule has 1 aromatic rings. The molecule has 1 atom stereocenters. The highest BCUT2D eigenvalue weighted by molar-refractivity contribution is 9.10. The van der Waals surface area contributed by atoms with Crippen molar-refractivity contribution in [2.75, 3.05) is 27.2 Å². The van der Waals surface area contributed by atoms with Crippen LogP contribution in [0.2, 0.25) is 0 Å². The second kappa shape index (κ2) is 8.68. The first-order valence-corrected chi connectivity index (χ1v) is 7.50. The number of benzene rings is 1. The molecule has 1 aromatic carbocycles. The zero-order valence-corrected chi connectivity index (χ0v) is 13.3. The van der Waals surface area contributed by atoms with Gasteiger partial charge in [0.15, 0.2) is 0 Å². The van der Waals surface area contributed by atoms with Crippen molar-refractivity contribution in [2.24, 2.45) is 0 Å². The lowest BCUT2D eigenvalue weighted by Crippen LogP contribution is -2.29. The Morgan fingerprint density at radius 2 is 1.83 bits per heavy atom. The zero-order chi connectivity index (χ0) is 13.4. The molecule has 1 N–H and O–H groups in total. The van der Waals surface area contributed by atoms with Crippen molar-refractivity contribution in [2.45, 2.75) is 32.2 Å². The van der Waals surface area contributed by atoms with Crippen molar-refractivity contribution in [1.29, 1.82) is 0 Å². The molecule has 0 saturated heterocycles. The van der Waals surface area contributed by atoms with Gasteiger partial charge in [-0.25, -0.2) is 0 Å². The zero-order valence-electron chi connectivity index (χ0n) is 11.7. The second-order valence-electron chi connectivity index (χ2n) is 5.20. The average molecular weight is 313 g/mol. The molecule has 0 fully saturated rings. The van der Waals surface area contributed by atoms with Crippen LogP contribution in [0.1, 0.15) is 25.3 Å². The largest absolute Gasteiger partial charge is 0.314 e. The Kier molecular flexibility index (Phi) is 7.56. The summed E-state index contributed by atoms with van der Waals surface area (Å²) in [6, 6.07) is 9.14. The lowest BCUT2D eigenvalue weighted by molar-refractivity contribution is 0.388. The summed E-state index contributed by atoms with van der Waals surface area (Å²) in [6.07, 6.45) is 3.62. The summed E-state index contributed by atoms with van der Waals surface area (Å²) in [7, 11) is 4.26. The van der Waals surface area contributed by atoms with Crippen LogP contribution in [0.4, 0.5) is 0 Å². The molecule has 0 aliphatic rings. The van der Waals surface area contributed by atoms with Gasteiger partial charge in [0, 0.05) is 10.5 Å². The molecule has 0 aromatic heterocycles. The van der Waals surface area contributed by atoms with Gasteiger partial charge in [0.25, 0.3) is 0 Å². The van der Waals surface area contributed by atoms with Gasteiger partial charge in [0.1, 0.15) is 0 Å². The van der Waals surface area contributed by atoms with Gasteiger partial charge in [-0.3, -0.25) is 0 Å². The van der Waals surface area contributed by atoms with Crippen LogP contribution in [0, 0.1) is 0 Å². The van der Waals surface area contributed by atoms with E-state index < -0.39 is 0 Å². The molecule has 0 bridgehead atoms. The van der Waals surface area contributed by atoms with Crippen molar-refractivity contribution in [3.05, 3.63) is 34.3 Å². The van der Waals surface area contributed by atoms with Crippen molar-refractivity contribution in [3.8, 4) is 0 Å². The van der Waals surface area contributed by atoms with E-state index in [1.54, 1.807) is 0 Å². The number of halogens is 1. The lowest BCUT2D eigenvalue weighted by atomic mass is 10.1. The summed E-state index contributed by atoms with van der Waals surface area (Å²) in [5.74, 6) is 0.